The summed E-state index contributed by atoms with van der Waals surface area (Å²) in [4.78, 5) is 54.9. The lowest BCUT2D eigenvalue weighted by molar-refractivity contribution is -0.150. The molecule has 1 fully saturated rings. The molecule has 0 saturated carbocycles. The molecule has 0 radical (unpaired) electrons. The number of aliphatic hydroxyl groups excluding tert-OH is 2. The van der Waals surface area contributed by atoms with E-state index in [4.69, 9.17) is 31.2 Å². The highest BCUT2D eigenvalue weighted by Gasteiger charge is 2.45. The van der Waals surface area contributed by atoms with Gasteiger partial charge in [0.25, 0.3) is 0 Å². The van der Waals surface area contributed by atoms with Crippen molar-refractivity contribution >= 4 is 31.5 Å². The molecular formula is C28H43N8O11P. The van der Waals surface area contributed by atoms with Crippen LogP contribution in [0.1, 0.15) is 44.9 Å². The average molecular weight is 699 g/mol. The third-order valence-electron chi connectivity index (χ3n) is 7.41. The first-order chi connectivity index (χ1) is 22.7. The van der Waals surface area contributed by atoms with Crippen LogP contribution in [0.15, 0.2) is 52.4 Å². The number of carbonyl (C=O) groups is 2. The zero-order valence-corrected chi connectivity index (χ0v) is 27.3. The van der Waals surface area contributed by atoms with Crippen molar-refractivity contribution in [1.29, 1.82) is 0 Å². The summed E-state index contributed by atoms with van der Waals surface area (Å²) >= 11 is 0. The number of aliphatic imine (C=N–C) groups is 1. The van der Waals surface area contributed by atoms with Crippen molar-refractivity contribution in [3.05, 3.63) is 58.6 Å². The van der Waals surface area contributed by atoms with E-state index in [2.05, 4.69) is 19.9 Å². The molecule has 0 spiro atoms. The third kappa shape index (κ3) is 11.3. The zero-order chi connectivity index (χ0) is 35.4. The lowest BCUT2D eigenvalue weighted by atomic mass is 9.98. The van der Waals surface area contributed by atoms with E-state index in [1.54, 1.807) is 0 Å². The molecule has 3 rings (SSSR count). The van der Waals surface area contributed by atoms with E-state index in [1.807, 2.05) is 49.7 Å². The van der Waals surface area contributed by atoms with Crippen LogP contribution in [0.3, 0.4) is 0 Å². The van der Waals surface area contributed by atoms with Crippen molar-refractivity contribution in [3.63, 3.8) is 0 Å². The van der Waals surface area contributed by atoms with Gasteiger partial charge in [0, 0.05) is 12.7 Å². The summed E-state index contributed by atoms with van der Waals surface area (Å²) in [5.41, 5.74) is 19.1. The van der Waals surface area contributed by atoms with Gasteiger partial charge in [0.2, 0.25) is 11.9 Å². The van der Waals surface area contributed by atoms with E-state index in [0.29, 0.717) is 6.42 Å². The number of nitrogens with one attached hydrogen (secondary N) is 2. The van der Waals surface area contributed by atoms with Gasteiger partial charge in [0.1, 0.15) is 36.8 Å². The number of amides is 1. The van der Waals surface area contributed by atoms with Gasteiger partial charge in [-0.05, 0) is 30.4 Å². The third-order valence-corrected chi connectivity index (χ3v) is 8.21. The number of nitrogen functional groups attached to an aromatic ring is 1. The maximum absolute atomic E-state index is 12.7. The number of hydrogen-bond acceptors (Lipinski definition) is 14. The van der Waals surface area contributed by atoms with Crippen LogP contribution in [-0.4, -0.2) is 86.0 Å². The van der Waals surface area contributed by atoms with E-state index >= 15 is 0 Å². The summed E-state index contributed by atoms with van der Waals surface area (Å²) in [7, 11) is -4.83. The molecule has 0 aliphatic carbocycles. The quantitative estimate of drug-likeness (QED) is 0.0240. The van der Waals surface area contributed by atoms with Crippen LogP contribution in [0, 0.1) is 5.92 Å². The van der Waals surface area contributed by atoms with Gasteiger partial charge in [-0.1, -0.05) is 50.6 Å². The molecular weight excluding hydrogens is 655 g/mol. The van der Waals surface area contributed by atoms with Crippen molar-refractivity contribution in [3.8, 4) is 0 Å². The second-order valence-electron chi connectivity index (χ2n) is 11.0. The highest BCUT2D eigenvalue weighted by atomic mass is 31.2. The molecule has 4 unspecified atom stereocenters. The van der Waals surface area contributed by atoms with E-state index in [-0.39, 0.29) is 37.7 Å². The summed E-state index contributed by atoms with van der Waals surface area (Å²) in [6, 6.07) is 8.58. The number of anilines is 1. The van der Waals surface area contributed by atoms with Crippen LogP contribution in [0.5, 0.6) is 0 Å². The minimum atomic E-state index is -4.83. The molecule has 20 heteroatoms. The van der Waals surface area contributed by atoms with Gasteiger partial charge in [-0.15, -0.1) is 0 Å². The van der Waals surface area contributed by atoms with Gasteiger partial charge in [-0.3, -0.25) is 18.9 Å². The van der Waals surface area contributed by atoms with Crippen molar-refractivity contribution in [2.24, 2.45) is 22.4 Å². The van der Waals surface area contributed by atoms with Crippen LogP contribution >= 0.6 is 7.82 Å². The Bertz CT molecular complexity index is 1500. The molecule has 1 amide bonds. The van der Waals surface area contributed by atoms with Gasteiger partial charge >= 0.3 is 19.5 Å². The number of nitrogens with zero attached hydrogens (tertiary/aromatic N) is 3. The predicted octanol–water partition coefficient (Wildman–Crippen LogP) is -1.22. The highest BCUT2D eigenvalue weighted by molar-refractivity contribution is 7.47. The molecule has 48 heavy (non-hydrogen) atoms. The number of ether oxygens (including phenoxy) is 2. The fraction of sp³-hybridized carbons (Fsp3) is 0.536. The first-order valence-corrected chi connectivity index (χ1v) is 16.6. The number of nitrogens with two attached hydrogens (primary N) is 3. The number of phosphoric ester groups is 1. The van der Waals surface area contributed by atoms with Crippen molar-refractivity contribution in [2.75, 3.05) is 18.9 Å². The van der Waals surface area contributed by atoms with E-state index in [0.717, 1.165) is 10.1 Å². The normalized spacial score (nSPS) is 22.7. The topological polar surface area (TPSA) is 298 Å². The fourth-order valence-electron chi connectivity index (χ4n) is 4.44. The van der Waals surface area contributed by atoms with Crippen LogP contribution in [0.2, 0.25) is 0 Å². The van der Waals surface area contributed by atoms with E-state index in [1.165, 1.54) is 12.3 Å². The minimum absolute atomic E-state index is 0.0500. The van der Waals surface area contributed by atoms with Gasteiger partial charge < -0.3 is 47.1 Å². The Hall–Kier alpha value is -3.94. The molecule has 1 aliphatic rings. The number of aliphatic hydroxyl groups is 2. The van der Waals surface area contributed by atoms with Crippen molar-refractivity contribution < 1.29 is 47.9 Å². The lowest BCUT2D eigenvalue weighted by Crippen LogP contribution is -2.51. The summed E-state index contributed by atoms with van der Waals surface area (Å²) in [6.45, 7) is 3.10. The van der Waals surface area contributed by atoms with E-state index < -0.39 is 74.6 Å². The van der Waals surface area contributed by atoms with Crippen molar-refractivity contribution in [1.82, 2.24) is 20.3 Å². The monoisotopic (exact) mass is 698 g/mol. The smallest absolute Gasteiger partial charge is 0.459 e. The maximum atomic E-state index is 12.7. The highest BCUT2D eigenvalue weighted by Crippen LogP contribution is 2.43. The molecule has 19 nitrogen and oxygen atoms in total. The number of guanidine groups is 1. The summed E-state index contributed by atoms with van der Waals surface area (Å²) in [6.07, 6.45) is -3.61. The Morgan fingerprint density at radius 1 is 1.21 bits per heavy atom. The largest absolute Gasteiger partial charge is 0.493 e. The standard InChI is InChI=1S/C28H43N8O11P/c1-3-16(2)21(26(40)44-14-17-8-5-4-6-9-17)34-24(39)18(29)10-7-12-32-27(31)35-47-48(42,43)45-15-19-22(37)23(38)25(46-19)36-13-11-20(30)33-28(36)41/h4-6,8-9,11,13,16,18-19,21-23,25,37-38H,3,7,10,12,14-15,29H2,1-2H3,(H,34,39)(H,42,43)(H2,30,33,41)(H3,31,32,35)/t16?,18?,19-,21?,22-,23-,25-/m1/s1. The van der Waals surface area contributed by atoms with Gasteiger partial charge in [-0.25, -0.2) is 19.6 Å². The number of benzene rings is 1. The van der Waals surface area contributed by atoms with E-state index in [9.17, 15) is 34.1 Å². The Kier molecular flexibility index (Phi) is 14.4. The molecule has 0 bridgehead atoms. The number of carbonyl (C=O) groups excluding carboxylic acids is 2. The Labute approximate surface area is 276 Å². The SMILES string of the molecule is CCC(C)C(NC(=O)C(N)CCCN=C(N)NOP(=O)(O)OC[C@H]1O[C@@H](n2ccc(N)nc2=O)[C@H](O)[C@@H]1O)C(=O)OCc1ccccc1. The Balaban J connectivity index is 1.39. The van der Waals surface area contributed by atoms with Crippen molar-refractivity contribution in [2.45, 2.75) is 76.3 Å². The Morgan fingerprint density at radius 2 is 1.92 bits per heavy atom. The Morgan fingerprint density at radius 3 is 2.58 bits per heavy atom. The minimum Gasteiger partial charge on any atom is -0.459 e. The second kappa shape index (κ2) is 18.0. The number of rotatable bonds is 17. The number of hydrogen-bond donors (Lipinski definition) is 8. The van der Waals surface area contributed by atoms with Crippen LogP contribution in [-0.2, 0) is 39.4 Å². The maximum Gasteiger partial charge on any atom is 0.493 e. The molecule has 266 valence electrons. The van der Waals surface area contributed by atoms with Gasteiger partial charge in [-0.2, -0.15) is 9.61 Å². The number of aromatic nitrogens is 2. The average Bonchev–Trinajstić information content (AvgIpc) is 3.34. The number of esters is 1. The number of hydroxylamine groups is 1. The lowest BCUT2D eigenvalue weighted by Gasteiger charge is -2.24. The predicted molar refractivity (Wildman–Crippen MR) is 170 cm³/mol. The number of phosphoric acid groups is 1. The van der Waals surface area contributed by atoms with Gasteiger partial charge in [0.05, 0.1) is 12.6 Å². The van der Waals surface area contributed by atoms with Gasteiger partial charge in [0.15, 0.2) is 6.23 Å². The first-order valence-electron chi connectivity index (χ1n) is 15.1. The van der Waals surface area contributed by atoms with Crippen LogP contribution in [0.25, 0.3) is 0 Å². The molecule has 11 N–H and O–H groups in total. The summed E-state index contributed by atoms with van der Waals surface area (Å²) in [5, 5.41) is 23.2. The van der Waals surface area contributed by atoms with Crippen LogP contribution in [0.4, 0.5) is 5.82 Å². The molecule has 1 aromatic heterocycles. The molecule has 1 aliphatic heterocycles. The zero-order valence-electron chi connectivity index (χ0n) is 26.5. The first kappa shape index (κ1) is 38.5. The molecule has 1 saturated heterocycles. The molecule has 8 atom stereocenters. The molecule has 2 heterocycles. The molecule has 2 aromatic rings. The summed E-state index contributed by atoms with van der Waals surface area (Å²) < 4.78 is 33.4. The molecule has 1 aromatic carbocycles. The van der Waals surface area contributed by atoms with Crippen LogP contribution < -0.4 is 33.7 Å². The summed E-state index contributed by atoms with van der Waals surface area (Å²) in [5.74, 6) is -1.77. The second-order valence-corrected chi connectivity index (χ2v) is 12.4. The fourth-order valence-corrected chi connectivity index (χ4v) is 5.03.